The zero-order valence-corrected chi connectivity index (χ0v) is 9.89. The number of amides is 1. The molecule has 1 N–H and O–H groups in total. The summed E-state index contributed by atoms with van der Waals surface area (Å²) in [6.07, 6.45) is 1.38. The van der Waals surface area contributed by atoms with Crippen LogP contribution in [0.4, 0.5) is 0 Å². The molecule has 0 aliphatic carbocycles. The Morgan fingerprint density at radius 1 is 1.17 bits per heavy atom. The molecule has 1 fully saturated rings. The summed E-state index contributed by atoms with van der Waals surface area (Å²) in [6.45, 7) is 3.02. The lowest BCUT2D eigenvalue weighted by molar-refractivity contribution is -0.130. The van der Waals surface area contributed by atoms with E-state index in [4.69, 9.17) is 9.47 Å². The molecule has 5 nitrogen and oxygen atoms in total. The number of nitrogens with zero attached hydrogens (tertiary/aromatic N) is 1. The average molecular weight is 246 g/mol. The topological polar surface area (TPSA) is 50.8 Å². The Kier molecular flexibility index (Phi) is 2.90. The fourth-order valence-electron chi connectivity index (χ4n) is 2.01. The predicted molar refractivity (Wildman–Crippen MR) is 65.2 cm³/mol. The molecule has 0 unspecified atom stereocenters. The molecule has 94 valence electrons. The van der Waals surface area contributed by atoms with Crippen LogP contribution in [0.2, 0.25) is 0 Å². The summed E-state index contributed by atoms with van der Waals surface area (Å²) in [5.74, 6) is 1.34. The highest BCUT2D eigenvalue weighted by Gasteiger charge is 2.25. The number of rotatable bonds is 1. The van der Waals surface area contributed by atoms with E-state index in [-0.39, 0.29) is 11.7 Å². The van der Waals surface area contributed by atoms with Gasteiger partial charge in [0, 0.05) is 26.2 Å². The van der Waals surface area contributed by atoms with Gasteiger partial charge in [-0.2, -0.15) is 0 Å². The van der Waals surface area contributed by atoms with E-state index in [1.54, 1.807) is 17.0 Å². The molecule has 0 spiro atoms. The Hall–Kier alpha value is -2.01. The second-order valence-electron chi connectivity index (χ2n) is 4.19. The van der Waals surface area contributed by atoms with Gasteiger partial charge in [-0.05, 0) is 12.1 Å². The zero-order valence-electron chi connectivity index (χ0n) is 9.89. The molecule has 1 saturated heterocycles. The van der Waals surface area contributed by atoms with Crippen molar-refractivity contribution in [1.29, 1.82) is 0 Å². The molecule has 2 heterocycles. The second-order valence-corrected chi connectivity index (χ2v) is 4.19. The minimum absolute atomic E-state index is 0.119. The van der Waals surface area contributed by atoms with E-state index < -0.39 is 0 Å². The van der Waals surface area contributed by atoms with Gasteiger partial charge in [-0.15, -0.1) is 0 Å². The number of carbonyl (C=O) groups is 1. The quantitative estimate of drug-likeness (QED) is 0.793. The lowest BCUT2D eigenvalue weighted by Gasteiger charge is -2.28. The highest BCUT2D eigenvalue weighted by atomic mass is 16.6. The lowest BCUT2D eigenvalue weighted by Crippen LogP contribution is -2.47. The monoisotopic (exact) mass is 246 g/mol. The number of fused-ring (bicyclic) bond motifs is 1. The summed E-state index contributed by atoms with van der Waals surface area (Å²) in [5, 5.41) is 3.20. The maximum atomic E-state index is 12.2. The number of nitrogens with one attached hydrogen (secondary N) is 1. The molecule has 3 rings (SSSR count). The van der Waals surface area contributed by atoms with E-state index in [1.165, 1.54) is 6.26 Å². The van der Waals surface area contributed by atoms with Crippen LogP contribution in [0.1, 0.15) is 0 Å². The molecule has 0 atom stereocenters. The first-order chi connectivity index (χ1) is 8.84. The molecule has 1 aromatic carbocycles. The first-order valence-electron chi connectivity index (χ1n) is 5.98. The third kappa shape index (κ3) is 2.04. The summed E-state index contributed by atoms with van der Waals surface area (Å²) in [7, 11) is 0. The summed E-state index contributed by atoms with van der Waals surface area (Å²) in [4.78, 5) is 14.0. The van der Waals surface area contributed by atoms with Gasteiger partial charge in [0.05, 0.1) is 0 Å². The number of piperazine rings is 1. The van der Waals surface area contributed by atoms with Gasteiger partial charge in [-0.1, -0.05) is 12.1 Å². The first-order valence-corrected chi connectivity index (χ1v) is 5.98. The molecule has 0 saturated carbocycles. The zero-order chi connectivity index (χ0) is 12.4. The third-order valence-electron chi connectivity index (χ3n) is 2.98. The van der Waals surface area contributed by atoms with Crippen molar-refractivity contribution >= 4 is 5.91 Å². The van der Waals surface area contributed by atoms with Crippen LogP contribution in [0.5, 0.6) is 11.5 Å². The predicted octanol–water partition coefficient (Wildman–Crippen LogP) is 0.731. The van der Waals surface area contributed by atoms with E-state index in [0.29, 0.717) is 24.6 Å². The molecule has 0 bridgehead atoms. The van der Waals surface area contributed by atoms with E-state index in [1.807, 2.05) is 12.1 Å². The molecular weight excluding hydrogens is 232 g/mol. The number of benzene rings is 1. The summed E-state index contributed by atoms with van der Waals surface area (Å²) < 4.78 is 11.0. The largest absolute Gasteiger partial charge is 0.457 e. The normalized spacial score (nSPS) is 18.2. The number of carbonyl (C=O) groups excluding carboxylic acids is 1. The molecule has 1 aromatic rings. The molecule has 18 heavy (non-hydrogen) atoms. The van der Waals surface area contributed by atoms with Crippen molar-refractivity contribution in [2.24, 2.45) is 0 Å². The van der Waals surface area contributed by atoms with Crippen molar-refractivity contribution in [3.63, 3.8) is 0 Å². The Morgan fingerprint density at radius 2 is 1.89 bits per heavy atom. The van der Waals surface area contributed by atoms with Crippen LogP contribution in [-0.2, 0) is 4.79 Å². The SMILES string of the molecule is O=C(C1=COc2ccccc2O1)N1CCNCC1. The molecule has 1 amide bonds. The summed E-state index contributed by atoms with van der Waals surface area (Å²) >= 11 is 0. The van der Waals surface area contributed by atoms with Gasteiger partial charge in [0.25, 0.3) is 5.91 Å². The van der Waals surface area contributed by atoms with Crippen LogP contribution in [0.3, 0.4) is 0 Å². The molecule has 2 aliphatic heterocycles. The van der Waals surface area contributed by atoms with Crippen molar-refractivity contribution in [3.05, 3.63) is 36.3 Å². The molecule has 0 radical (unpaired) electrons. The molecule has 0 aromatic heterocycles. The highest BCUT2D eigenvalue weighted by molar-refractivity contribution is 5.92. The van der Waals surface area contributed by atoms with E-state index in [0.717, 1.165) is 13.1 Å². The Labute approximate surface area is 105 Å². The average Bonchev–Trinajstić information content (AvgIpc) is 2.47. The van der Waals surface area contributed by atoms with E-state index >= 15 is 0 Å². The lowest BCUT2D eigenvalue weighted by atomic mass is 10.3. The van der Waals surface area contributed by atoms with Gasteiger partial charge in [-0.25, -0.2) is 0 Å². The number of ether oxygens (including phenoxy) is 2. The fraction of sp³-hybridized carbons (Fsp3) is 0.308. The van der Waals surface area contributed by atoms with Crippen LogP contribution in [0, 0.1) is 0 Å². The van der Waals surface area contributed by atoms with Crippen LogP contribution in [0.15, 0.2) is 36.3 Å². The van der Waals surface area contributed by atoms with Crippen LogP contribution >= 0.6 is 0 Å². The summed E-state index contributed by atoms with van der Waals surface area (Å²) in [5.41, 5.74) is 0. The maximum absolute atomic E-state index is 12.2. The van der Waals surface area contributed by atoms with Gasteiger partial charge in [0.2, 0.25) is 5.76 Å². The van der Waals surface area contributed by atoms with Crippen molar-refractivity contribution in [3.8, 4) is 11.5 Å². The smallest absolute Gasteiger partial charge is 0.292 e. The maximum Gasteiger partial charge on any atom is 0.292 e. The van der Waals surface area contributed by atoms with Gasteiger partial charge in [0.15, 0.2) is 11.5 Å². The first kappa shape index (κ1) is 11.1. The summed E-state index contributed by atoms with van der Waals surface area (Å²) in [6, 6.07) is 7.30. The molecule has 5 heteroatoms. The van der Waals surface area contributed by atoms with Crippen molar-refractivity contribution in [1.82, 2.24) is 10.2 Å². The van der Waals surface area contributed by atoms with Crippen LogP contribution in [0.25, 0.3) is 0 Å². The second kappa shape index (κ2) is 4.70. The Bertz CT molecular complexity index is 493. The van der Waals surface area contributed by atoms with Crippen molar-refractivity contribution < 1.29 is 14.3 Å². The number of hydrogen-bond acceptors (Lipinski definition) is 4. The van der Waals surface area contributed by atoms with Gasteiger partial charge < -0.3 is 19.7 Å². The third-order valence-corrected chi connectivity index (χ3v) is 2.98. The van der Waals surface area contributed by atoms with Gasteiger partial charge in [-0.3, -0.25) is 4.79 Å². The molecular formula is C13H14N2O3. The molecule has 2 aliphatic rings. The van der Waals surface area contributed by atoms with Crippen molar-refractivity contribution in [2.75, 3.05) is 26.2 Å². The van der Waals surface area contributed by atoms with Gasteiger partial charge >= 0.3 is 0 Å². The van der Waals surface area contributed by atoms with E-state index in [2.05, 4.69) is 5.32 Å². The van der Waals surface area contributed by atoms with Crippen LogP contribution in [-0.4, -0.2) is 37.0 Å². The Balaban J connectivity index is 1.74. The Morgan fingerprint density at radius 3 is 2.67 bits per heavy atom. The number of hydrogen-bond donors (Lipinski definition) is 1. The van der Waals surface area contributed by atoms with Crippen molar-refractivity contribution in [2.45, 2.75) is 0 Å². The van der Waals surface area contributed by atoms with Gasteiger partial charge in [0.1, 0.15) is 6.26 Å². The highest BCUT2D eigenvalue weighted by Crippen LogP contribution is 2.32. The van der Waals surface area contributed by atoms with Crippen LogP contribution < -0.4 is 14.8 Å². The fourth-order valence-corrected chi connectivity index (χ4v) is 2.01. The standard InChI is InChI=1S/C13H14N2O3/c16-13(15-7-5-14-6-8-15)12-9-17-10-3-1-2-4-11(10)18-12/h1-4,9,14H,5-8H2. The minimum Gasteiger partial charge on any atom is -0.457 e. The van der Waals surface area contributed by atoms with E-state index in [9.17, 15) is 4.79 Å². The number of para-hydroxylation sites is 2. The minimum atomic E-state index is -0.119.